The fourth-order valence-corrected chi connectivity index (χ4v) is 4.07. The summed E-state index contributed by atoms with van der Waals surface area (Å²) >= 11 is 1.43. The molecule has 1 N–H and O–H groups in total. The van der Waals surface area contributed by atoms with Gasteiger partial charge in [-0.15, -0.1) is 11.3 Å². The number of thiophene rings is 1. The highest BCUT2D eigenvalue weighted by Gasteiger charge is 2.17. The average Bonchev–Trinajstić information content (AvgIpc) is 3.03. The van der Waals surface area contributed by atoms with Crippen LogP contribution in [-0.2, 0) is 10.0 Å². The lowest BCUT2D eigenvalue weighted by molar-refractivity contribution is -0.384. The Morgan fingerprint density at radius 1 is 1.00 bits per heavy atom. The number of anilines is 1. The van der Waals surface area contributed by atoms with Crippen LogP contribution in [0.15, 0.2) is 70.9 Å². The molecule has 0 radical (unpaired) electrons. The molecule has 0 amide bonds. The van der Waals surface area contributed by atoms with Crippen LogP contribution in [0.25, 0.3) is 10.4 Å². The van der Waals surface area contributed by atoms with Crippen molar-refractivity contribution < 1.29 is 13.3 Å². The zero-order valence-corrected chi connectivity index (χ0v) is 13.9. The van der Waals surface area contributed by atoms with Crippen LogP contribution in [0.5, 0.6) is 0 Å². The lowest BCUT2D eigenvalue weighted by Gasteiger charge is -2.05. The van der Waals surface area contributed by atoms with Gasteiger partial charge in [0.1, 0.15) is 0 Å². The summed E-state index contributed by atoms with van der Waals surface area (Å²) in [6.07, 6.45) is 0. The highest BCUT2D eigenvalue weighted by Crippen LogP contribution is 2.30. The second-order valence-electron chi connectivity index (χ2n) is 4.92. The Hall–Kier alpha value is -2.71. The summed E-state index contributed by atoms with van der Waals surface area (Å²) in [6.45, 7) is 0. The number of rotatable bonds is 5. The molecule has 1 aromatic heterocycles. The average molecular weight is 360 g/mol. The smallest absolute Gasteiger partial charge is 0.269 e. The molecule has 0 aliphatic rings. The van der Waals surface area contributed by atoms with Gasteiger partial charge in [-0.2, -0.15) is 0 Å². The Bertz CT molecular complexity index is 965. The van der Waals surface area contributed by atoms with E-state index in [2.05, 4.69) is 4.72 Å². The Morgan fingerprint density at radius 3 is 2.29 bits per heavy atom. The number of nitrogens with zero attached hydrogens (tertiary/aromatic N) is 1. The number of hydrogen-bond donors (Lipinski definition) is 1. The van der Waals surface area contributed by atoms with E-state index in [0.29, 0.717) is 5.69 Å². The highest BCUT2D eigenvalue weighted by atomic mass is 32.2. The molecule has 3 aromatic rings. The Labute approximate surface area is 142 Å². The van der Waals surface area contributed by atoms with Gasteiger partial charge in [-0.05, 0) is 23.8 Å². The van der Waals surface area contributed by atoms with E-state index in [9.17, 15) is 18.5 Å². The van der Waals surface area contributed by atoms with E-state index in [0.717, 1.165) is 22.6 Å². The minimum Gasteiger partial charge on any atom is -0.279 e. The SMILES string of the molecule is O=[N+]([O-])c1ccc(S(=O)(=O)Nc2csc(-c3ccccc3)c2)cc1. The number of nitrogens with one attached hydrogen (secondary N) is 1. The molecule has 0 aliphatic carbocycles. The number of nitro groups is 1. The first kappa shape index (κ1) is 16.2. The topological polar surface area (TPSA) is 89.3 Å². The number of sulfonamides is 1. The van der Waals surface area contributed by atoms with Gasteiger partial charge in [0.05, 0.1) is 15.5 Å². The number of non-ortho nitro benzene ring substituents is 1. The van der Waals surface area contributed by atoms with Gasteiger partial charge in [0.15, 0.2) is 0 Å². The molecule has 0 spiro atoms. The molecular weight excluding hydrogens is 348 g/mol. The van der Waals surface area contributed by atoms with Gasteiger partial charge >= 0.3 is 0 Å². The summed E-state index contributed by atoms with van der Waals surface area (Å²) in [6, 6.07) is 16.1. The Kier molecular flexibility index (Phi) is 4.32. The summed E-state index contributed by atoms with van der Waals surface area (Å²) in [5, 5.41) is 12.3. The molecule has 0 aliphatic heterocycles. The van der Waals surface area contributed by atoms with Crippen LogP contribution in [0.1, 0.15) is 0 Å². The van der Waals surface area contributed by atoms with Crippen LogP contribution in [0.4, 0.5) is 11.4 Å². The van der Waals surface area contributed by atoms with Gasteiger partial charge in [-0.1, -0.05) is 30.3 Å². The van der Waals surface area contributed by atoms with Crippen molar-refractivity contribution in [3.05, 3.63) is 76.2 Å². The van der Waals surface area contributed by atoms with Crippen LogP contribution >= 0.6 is 11.3 Å². The lowest BCUT2D eigenvalue weighted by atomic mass is 10.2. The van der Waals surface area contributed by atoms with Crippen molar-refractivity contribution in [3.63, 3.8) is 0 Å². The summed E-state index contributed by atoms with van der Waals surface area (Å²) in [5.41, 5.74) is 1.30. The summed E-state index contributed by atoms with van der Waals surface area (Å²) < 4.78 is 27.2. The van der Waals surface area contributed by atoms with E-state index in [1.165, 1.54) is 23.5 Å². The van der Waals surface area contributed by atoms with Crippen molar-refractivity contribution in [1.82, 2.24) is 0 Å². The molecule has 0 bridgehead atoms. The van der Waals surface area contributed by atoms with Crippen LogP contribution in [0.2, 0.25) is 0 Å². The Balaban J connectivity index is 1.82. The van der Waals surface area contributed by atoms with E-state index < -0.39 is 14.9 Å². The lowest BCUT2D eigenvalue weighted by Crippen LogP contribution is -2.12. The van der Waals surface area contributed by atoms with Crippen LogP contribution in [0, 0.1) is 10.1 Å². The van der Waals surface area contributed by atoms with Crippen molar-refractivity contribution in [3.8, 4) is 10.4 Å². The van der Waals surface area contributed by atoms with E-state index in [4.69, 9.17) is 0 Å². The highest BCUT2D eigenvalue weighted by molar-refractivity contribution is 7.92. The van der Waals surface area contributed by atoms with E-state index in [-0.39, 0.29) is 10.6 Å². The minimum absolute atomic E-state index is 0.0273. The number of hydrogen-bond acceptors (Lipinski definition) is 5. The summed E-state index contributed by atoms with van der Waals surface area (Å²) in [5.74, 6) is 0. The van der Waals surface area contributed by atoms with Gasteiger partial charge in [-0.25, -0.2) is 8.42 Å². The van der Waals surface area contributed by atoms with E-state index in [1.807, 2.05) is 30.3 Å². The van der Waals surface area contributed by atoms with Gasteiger partial charge in [-0.3, -0.25) is 14.8 Å². The van der Waals surface area contributed by atoms with Crippen LogP contribution in [0.3, 0.4) is 0 Å². The van der Waals surface area contributed by atoms with Gasteiger partial charge in [0.25, 0.3) is 15.7 Å². The quantitative estimate of drug-likeness (QED) is 0.547. The maximum atomic E-state index is 12.4. The third kappa shape index (κ3) is 3.44. The van der Waals surface area contributed by atoms with Gasteiger partial charge in [0, 0.05) is 22.4 Å². The van der Waals surface area contributed by atoms with E-state index >= 15 is 0 Å². The predicted molar refractivity (Wildman–Crippen MR) is 93.7 cm³/mol. The third-order valence-electron chi connectivity index (χ3n) is 3.27. The molecule has 0 fully saturated rings. The molecule has 0 unspecified atom stereocenters. The second kappa shape index (κ2) is 6.42. The van der Waals surface area contributed by atoms with Crippen molar-refractivity contribution in [2.75, 3.05) is 4.72 Å². The normalized spacial score (nSPS) is 11.2. The van der Waals surface area contributed by atoms with Gasteiger partial charge < -0.3 is 0 Å². The molecule has 122 valence electrons. The zero-order valence-electron chi connectivity index (χ0n) is 12.2. The van der Waals surface area contributed by atoms with Crippen molar-refractivity contribution in [2.24, 2.45) is 0 Å². The number of benzene rings is 2. The molecular formula is C16H12N2O4S2. The van der Waals surface area contributed by atoms with Crippen molar-refractivity contribution in [1.29, 1.82) is 0 Å². The molecule has 8 heteroatoms. The molecule has 6 nitrogen and oxygen atoms in total. The summed E-state index contributed by atoms with van der Waals surface area (Å²) in [4.78, 5) is 11.0. The first-order valence-electron chi connectivity index (χ1n) is 6.87. The first-order valence-corrected chi connectivity index (χ1v) is 9.23. The maximum Gasteiger partial charge on any atom is 0.269 e. The van der Waals surface area contributed by atoms with Crippen LogP contribution < -0.4 is 4.72 Å². The molecule has 0 saturated carbocycles. The first-order chi connectivity index (χ1) is 11.5. The fraction of sp³-hybridized carbons (Fsp3) is 0. The molecule has 0 atom stereocenters. The predicted octanol–water partition coefficient (Wildman–Crippen LogP) is 4.12. The Morgan fingerprint density at radius 2 is 1.67 bits per heavy atom. The standard InChI is InChI=1S/C16H12N2O4S2/c19-18(20)14-6-8-15(9-7-14)24(21,22)17-13-10-16(23-11-13)12-4-2-1-3-5-12/h1-11,17H. The molecule has 1 heterocycles. The second-order valence-corrected chi connectivity index (χ2v) is 7.52. The third-order valence-corrected chi connectivity index (χ3v) is 5.64. The fourth-order valence-electron chi connectivity index (χ4n) is 2.10. The number of nitro benzene ring substituents is 1. The minimum atomic E-state index is -3.79. The molecule has 2 aromatic carbocycles. The van der Waals surface area contributed by atoms with E-state index in [1.54, 1.807) is 11.4 Å². The molecule has 24 heavy (non-hydrogen) atoms. The van der Waals surface area contributed by atoms with Crippen molar-refractivity contribution >= 4 is 32.7 Å². The zero-order chi connectivity index (χ0) is 17.2. The molecule has 0 saturated heterocycles. The largest absolute Gasteiger partial charge is 0.279 e. The van der Waals surface area contributed by atoms with Crippen LogP contribution in [-0.4, -0.2) is 13.3 Å². The maximum absolute atomic E-state index is 12.4. The molecule has 3 rings (SSSR count). The van der Waals surface area contributed by atoms with Crippen molar-refractivity contribution in [2.45, 2.75) is 4.90 Å². The van der Waals surface area contributed by atoms with Gasteiger partial charge in [0.2, 0.25) is 0 Å². The monoisotopic (exact) mass is 360 g/mol. The summed E-state index contributed by atoms with van der Waals surface area (Å²) in [7, 11) is -3.79.